The summed E-state index contributed by atoms with van der Waals surface area (Å²) in [5, 5.41) is 4.57. The van der Waals surface area contributed by atoms with E-state index in [0.29, 0.717) is 5.92 Å². The predicted molar refractivity (Wildman–Crippen MR) is 135 cm³/mol. The molecule has 5 rings (SSSR count). The maximum atomic E-state index is 14.0. The van der Waals surface area contributed by atoms with Crippen LogP contribution in [0, 0.1) is 18.7 Å². The molecule has 7 heteroatoms. The minimum Gasteiger partial charge on any atom is -0.495 e. The Morgan fingerprint density at radius 3 is 2.77 bits per heavy atom. The zero-order valence-corrected chi connectivity index (χ0v) is 20.6. The van der Waals surface area contributed by atoms with Crippen molar-refractivity contribution >= 4 is 11.9 Å². The van der Waals surface area contributed by atoms with E-state index in [4.69, 9.17) is 9.57 Å². The second-order valence-electron chi connectivity index (χ2n) is 9.55. The molecule has 0 amide bonds. The third kappa shape index (κ3) is 4.55. The van der Waals surface area contributed by atoms with E-state index in [2.05, 4.69) is 41.0 Å². The van der Waals surface area contributed by atoms with Gasteiger partial charge in [-0.25, -0.2) is 9.37 Å². The SMILES string of the molecule is COc1cc(C=C2CCCN3C2=NOC(c2cccc(F)c2)[C@@H]3C(C)C)ccc1-n1cnc(C)c1. The molecule has 0 saturated carbocycles. The number of aryl methyl sites for hydroxylation is 1. The summed E-state index contributed by atoms with van der Waals surface area (Å²) in [6.07, 6.45) is 7.56. The maximum absolute atomic E-state index is 14.0. The molecule has 1 aromatic heterocycles. The van der Waals surface area contributed by atoms with E-state index in [1.54, 1.807) is 25.6 Å². The van der Waals surface area contributed by atoms with Gasteiger partial charge in [0.05, 0.1) is 30.9 Å². The number of benzene rings is 2. The van der Waals surface area contributed by atoms with Crippen LogP contribution in [0.2, 0.25) is 0 Å². The summed E-state index contributed by atoms with van der Waals surface area (Å²) in [6.45, 7) is 7.23. The number of nitrogens with zero attached hydrogens (tertiary/aromatic N) is 4. The van der Waals surface area contributed by atoms with Gasteiger partial charge in [-0.15, -0.1) is 0 Å². The lowest BCUT2D eigenvalue weighted by atomic mass is 9.88. The number of aromatic nitrogens is 2. The van der Waals surface area contributed by atoms with Crippen LogP contribution in [0.3, 0.4) is 0 Å². The molecule has 1 unspecified atom stereocenters. The van der Waals surface area contributed by atoms with E-state index in [1.165, 1.54) is 6.07 Å². The number of hydrogen-bond donors (Lipinski definition) is 0. The average molecular weight is 475 g/mol. The predicted octanol–water partition coefficient (Wildman–Crippen LogP) is 5.92. The number of rotatable bonds is 5. The number of hydrogen-bond acceptors (Lipinski definition) is 5. The Morgan fingerprint density at radius 1 is 1.20 bits per heavy atom. The Balaban J connectivity index is 1.48. The van der Waals surface area contributed by atoms with Gasteiger partial charge in [0.1, 0.15) is 11.6 Å². The molecule has 182 valence electrons. The van der Waals surface area contributed by atoms with E-state index < -0.39 is 0 Å². The highest BCUT2D eigenvalue weighted by atomic mass is 19.1. The quantitative estimate of drug-likeness (QED) is 0.461. The van der Waals surface area contributed by atoms with Gasteiger partial charge in [0.25, 0.3) is 0 Å². The van der Waals surface area contributed by atoms with Crippen molar-refractivity contribution in [3.8, 4) is 11.4 Å². The van der Waals surface area contributed by atoms with E-state index in [0.717, 1.165) is 59.1 Å². The molecular weight excluding hydrogens is 443 g/mol. The van der Waals surface area contributed by atoms with Crippen LogP contribution in [0.1, 0.15) is 49.6 Å². The van der Waals surface area contributed by atoms with Crippen LogP contribution in [0.15, 0.2) is 65.7 Å². The first-order chi connectivity index (χ1) is 16.9. The Morgan fingerprint density at radius 2 is 2.06 bits per heavy atom. The number of piperidine rings is 1. The molecule has 3 heterocycles. The van der Waals surface area contributed by atoms with Gasteiger partial charge in [0.15, 0.2) is 11.9 Å². The van der Waals surface area contributed by atoms with Gasteiger partial charge in [-0.05, 0) is 67.2 Å². The zero-order valence-electron chi connectivity index (χ0n) is 20.6. The van der Waals surface area contributed by atoms with Crippen LogP contribution < -0.4 is 4.74 Å². The molecule has 2 aliphatic rings. The highest BCUT2D eigenvalue weighted by Crippen LogP contribution is 2.38. The second-order valence-corrected chi connectivity index (χ2v) is 9.55. The van der Waals surface area contributed by atoms with Gasteiger partial charge in [-0.2, -0.15) is 0 Å². The van der Waals surface area contributed by atoms with Crippen molar-refractivity contribution in [2.75, 3.05) is 13.7 Å². The van der Waals surface area contributed by atoms with Crippen molar-refractivity contribution in [2.24, 2.45) is 11.1 Å². The molecule has 0 N–H and O–H groups in total. The Labute approximate surface area is 205 Å². The fourth-order valence-corrected chi connectivity index (χ4v) is 5.12. The molecule has 1 saturated heterocycles. The van der Waals surface area contributed by atoms with Crippen molar-refractivity contribution in [3.05, 3.63) is 83.2 Å². The lowest BCUT2D eigenvalue weighted by molar-refractivity contribution is -0.0372. The first kappa shape index (κ1) is 23.1. The minimum absolute atomic E-state index is 0.0643. The number of imidazole rings is 1. The van der Waals surface area contributed by atoms with E-state index >= 15 is 0 Å². The van der Waals surface area contributed by atoms with Crippen LogP contribution in [-0.2, 0) is 4.84 Å². The molecule has 2 atom stereocenters. The summed E-state index contributed by atoms with van der Waals surface area (Å²) < 4.78 is 21.6. The summed E-state index contributed by atoms with van der Waals surface area (Å²) in [5.74, 6) is 1.69. The van der Waals surface area contributed by atoms with E-state index in [1.807, 2.05) is 35.9 Å². The summed E-state index contributed by atoms with van der Waals surface area (Å²) in [5.41, 5.74) is 4.88. The van der Waals surface area contributed by atoms with Gasteiger partial charge in [0.2, 0.25) is 0 Å². The van der Waals surface area contributed by atoms with Gasteiger partial charge in [0, 0.05) is 18.3 Å². The van der Waals surface area contributed by atoms with Crippen LogP contribution in [0.5, 0.6) is 5.75 Å². The van der Waals surface area contributed by atoms with Crippen LogP contribution in [0.4, 0.5) is 4.39 Å². The van der Waals surface area contributed by atoms with E-state index in [-0.39, 0.29) is 18.0 Å². The molecule has 0 radical (unpaired) electrons. The smallest absolute Gasteiger partial charge is 0.173 e. The van der Waals surface area contributed by atoms with Crippen molar-refractivity contribution in [3.63, 3.8) is 0 Å². The van der Waals surface area contributed by atoms with E-state index in [9.17, 15) is 4.39 Å². The summed E-state index contributed by atoms with van der Waals surface area (Å²) in [6, 6.07) is 12.9. The second kappa shape index (κ2) is 9.56. The van der Waals surface area contributed by atoms with Crippen molar-refractivity contribution in [1.29, 1.82) is 0 Å². The number of amidine groups is 1. The lowest BCUT2D eigenvalue weighted by Crippen LogP contribution is -2.52. The fraction of sp³-hybridized carbons (Fsp3) is 0.357. The van der Waals surface area contributed by atoms with Gasteiger partial charge in [-0.3, -0.25) is 0 Å². The molecular formula is C28H31FN4O2. The molecule has 35 heavy (non-hydrogen) atoms. The summed E-state index contributed by atoms with van der Waals surface area (Å²) >= 11 is 0. The highest BCUT2D eigenvalue weighted by molar-refractivity contribution is 6.03. The third-order valence-electron chi connectivity index (χ3n) is 6.72. The monoisotopic (exact) mass is 474 g/mol. The summed E-state index contributed by atoms with van der Waals surface area (Å²) in [4.78, 5) is 12.7. The molecule has 0 spiro atoms. The first-order valence-corrected chi connectivity index (χ1v) is 12.1. The van der Waals surface area contributed by atoms with Crippen LogP contribution >= 0.6 is 0 Å². The normalized spacial score (nSPS) is 21.0. The molecule has 3 aromatic rings. The summed E-state index contributed by atoms with van der Waals surface area (Å²) in [7, 11) is 1.68. The van der Waals surface area contributed by atoms with Crippen molar-refractivity contribution in [2.45, 2.75) is 45.8 Å². The first-order valence-electron chi connectivity index (χ1n) is 12.1. The number of methoxy groups -OCH3 is 1. The minimum atomic E-state index is -0.313. The number of halogens is 1. The number of fused-ring (bicyclic) bond motifs is 1. The largest absolute Gasteiger partial charge is 0.495 e. The lowest BCUT2D eigenvalue weighted by Gasteiger charge is -2.45. The molecule has 0 aliphatic carbocycles. The topological polar surface area (TPSA) is 51.9 Å². The van der Waals surface area contributed by atoms with Crippen molar-refractivity contribution in [1.82, 2.24) is 14.5 Å². The molecule has 6 nitrogen and oxygen atoms in total. The van der Waals surface area contributed by atoms with Gasteiger partial charge in [-0.1, -0.05) is 37.2 Å². The number of ether oxygens (including phenoxy) is 1. The fourth-order valence-electron chi connectivity index (χ4n) is 5.12. The Hall–Kier alpha value is -3.61. The third-order valence-corrected chi connectivity index (χ3v) is 6.72. The standard InChI is InChI=1S/C28H31FN4O2/c1-18(2)26-27(21-7-5-9-23(29)15-21)35-31-28-22(8-6-12-33(26)28)13-20-10-11-24(25(14-20)34-4)32-16-19(3)30-17-32/h5,7,9-11,13-18,26-27H,6,8,12H2,1-4H3/t26-,27?/m0/s1. The van der Waals surface area contributed by atoms with Crippen molar-refractivity contribution < 1.29 is 14.0 Å². The molecule has 0 bridgehead atoms. The van der Waals surface area contributed by atoms with Gasteiger partial charge < -0.3 is 19.0 Å². The Bertz CT molecular complexity index is 1280. The van der Waals surface area contributed by atoms with Crippen LogP contribution in [-0.4, -0.2) is 40.0 Å². The highest BCUT2D eigenvalue weighted by Gasteiger charge is 2.41. The Kier molecular flexibility index (Phi) is 6.32. The maximum Gasteiger partial charge on any atom is 0.173 e. The van der Waals surface area contributed by atoms with Gasteiger partial charge >= 0.3 is 0 Å². The zero-order chi connectivity index (χ0) is 24.5. The van der Waals surface area contributed by atoms with Crippen LogP contribution in [0.25, 0.3) is 11.8 Å². The molecule has 2 aliphatic heterocycles. The average Bonchev–Trinajstić information content (AvgIpc) is 3.29. The molecule has 2 aromatic carbocycles. The molecule has 1 fully saturated rings. The number of oxime groups is 1.